The Morgan fingerprint density at radius 3 is 2.00 bits per heavy atom. The van der Waals surface area contributed by atoms with Gasteiger partial charge in [-0.3, -0.25) is 0 Å². The van der Waals surface area contributed by atoms with E-state index in [1.54, 1.807) is 0 Å². The number of unbranched alkanes of at least 4 members (excludes halogenated alkanes) is 3. The van der Waals surface area contributed by atoms with Crippen molar-refractivity contribution in [2.45, 2.75) is 25.7 Å². The van der Waals surface area contributed by atoms with Crippen LogP contribution in [-0.2, 0) is 4.65 Å². The van der Waals surface area contributed by atoms with Crippen molar-refractivity contribution in [3.63, 3.8) is 0 Å². The van der Waals surface area contributed by atoms with Crippen LogP contribution in [0.1, 0.15) is 25.7 Å². The summed E-state index contributed by atoms with van der Waals surface area (Å²) in [6.45, 7) is 0.440. The molecule has 4 nitrogen and oxygen atoms in total. The summed E-state index contributed by atoms with van der Waals surface area (Å²) in [5, 5.41) is 28.0. The van der Waals surface area contributed by atoms with E-state index in [1.807, 2.05) is 0 Å². The third-order valence-electron chi connectivity index (χ3n) is 1.31. The smallest absolute Gasteiger partial charge is 0.871 e. The quantitative estimate of drug-likeness (QED) is 0.331. The van der Waals surface area contributed by atoms with Crippen LogP contribution >= 0.6 is 0 Å². The van der Waals surface area contributed by atoms with Crippen LogP contribution < -0.4 is 69.2 Å². The van der Waals surface area contributed by atoms with E-state index in [0.29, 0.717) is 0 Å². The Morgan fingerprint density at radius 2 is 1.54 bits per heavy atom. The molecule has 0 aromatic rings. The van der Waals surface area contributed by atoms with Crippen LogP contribution in [0.5, 0.6) is 0 Å². The van der Waals surface area contributed by atoms with Gasteiger partial charge in [0.25, 0.3) is 0 Å². The summed E-state index contributed by atoms with van der Waals surface area (Å²) in [7, 11) is -2.15. The van der Waals surface area contributed by atoms with E-state index in [4.69, 9.17) is 5.11 Å². The van der Waals surface area contributed by atoms with Gasteiger partial charge in [-0.15, -0.1) is 0 Å². The van der Waals surface area contributed by atoms with E-state index in [2.05, 4.69) is 4.65 Å². The molecule has 0 bridgehead atoms. The first-order valence-electron chi connectivity index (χ1n) is 3.81. The standard InChI is InChI=1S/C6H13BO4.2Na/c8-5-3-1-2-4-6-11-7(9)10;;/h8H,1-6H2;;/q-2;2*+1. The maximum absolute atomic E-state index is 9.80. The summed E-state index contributed by atoms with van der Waals surface area (Å²) >= 11 is 0. The minimum Gasteiger partial charge on any atom is -0.871 e. The topological polar surface area (TPSA) is 75.6 Å². The Hall–Kier alpha value is 1.90. The molecule has 0 atom stereocenters. The molecule has 13 heavy (non-hydrogen) atoms. The molecule has 0 aliphatic carbocycles. The van der Waals surface area contributed by atoms with Gasteiger partial charge in [0, 0.05) is 13.2 Å². The van der Waals surface area contributed by atoms with Gasteiger partial charge in [0.05, 0.1) is 7.32 Å². The predicted molar refractivity (Wildman–Crippen MR) is 37.3 cm³/mol. The van der Waals surface area contributed by atoms with Crippen LogP contribution in [-0.4, -0.2) is 25.6 Å². The summed E-state index contributed by atoms with van der Waals surface area (Å²) in [5.41, 5.74) is 0. The van der Waals surface area contributed by atoms with Crippen molar-refractivity contribution >= 4 is 7.32 Å². The fourth-order valence-corrected chi connectivity index (χ4v) is 0.747. The second-order valence-corrected chi connectivity index (χ2v) is 2.30. The summed E-state index contributed by atoms with van der Waals surface area (Å²) < 4.78 is 4.25. The van der Waals surface area contributed by atoms with Crippen molar-refractivity contribution in [1.82, 2.24) is 0 Å². The van der Waals surface area contributed by atoms with Gasteiger partial charge in [0.2, 0.25) is 0 Å². The SMILES string of the molecule is [Na+].[Na+].[O-]B([O-])OCCCCCCO. The van der Waals surface area contributed by atoms with Crippen molar-refractivity contribution in [1.29, 1.82) is 0 Å². The third kappa shape index (κ3) is 20.1. The molecule has 0 unspecified atom stereocenters. The second-order valence-electron chi connectivity index (χ2n) is 2.30. The molecule has 0 saturated heterocycles. The van der Waals surface area contributed by atoms with Crippen LogP contribution in [0.25, 0.3) is 0 Å². The number of hydrogen-bond acceptors (Lipinski definition) is 4. The van der Waals surface area contributed by atoms with Crippen LogP contribution in [0.3, 0.4) is 0 Å². The van der Waals surface area contributed by atoms with E-state index >= 15 is 0 Å². The maximum atomic E-state index is 9.80. The molecule has 0 rings (SSSR count). The predicted octanol–water partition coefficient (Wildman–Crippen LogP) is -7.73. The summed E-state index contributed by atoms with van der Waals surface area (Å²) in [4.78, 5) is 0. The second kappa shape index (κ2) is 16.3. The van der Waals surface area contributed by atoms with Gasteiger partial charge in [-0.1, -0.05) is 12.8 Å². The van der Waals surface area contributed by atoms with Crippen molar-refractivity contribution < 1.29 is 78.9 Å². The molecular weight excluding hydrogens is 193 g/mol. The monoisotopic (exact) mass is 206 g/mol. The number of hydrogen-bond donors (Lipinski definition) is 1. The molecule has 0 aliphatic rings. The van der Waals surface area contributed by atoms with Gasteiger partial charge in [0.1, 0.15) is 0 Å². The van der Waals surface area contributed by atoms with Gasteiger partial charge < -0.3 is 19.8 Å². The summed E-state index contributed by atoms with van der Waals surface area (Å²) in [6, 6.07) is 0. The van der Waals surface area contributed by atoms with Crippen LogP contribution in [0.15, 0.2) is 0 Å². The molecule has 0 radical (unpaired) electrons. The van der Waals surface area contributed by atoms with Crippen molar-refractivity contribution in [2.75, 3.05) is 13.2 Å². The molecule has 0 aromatic heterocycles. The maximum Gasteiger partial charge on any atom is 1.00 e. The van der Waals surface area contributed by atoms with Crippen LogP contribution in [0.4, 0.5) is 0 Å². The largest absolute Gasteiger partial charge is 1.00 e. The number of aliphatic hydroxyl groups excluding tert-OH is 1. The first-order chi connectivity index (χ1) is 5.27. The van der Waals surface area contributed by atoms with Crippen molar-refractivity contribution in [3.8, 4) is 0 Å². The minimum absolute atomic E-state index is 0. The molecule has 0 aromatic carbocycles. The molecule has 1 N–H and O–H groups in total. The molecule has 7 heteroatoms. The van der Waals surface area contributed by atoms with E-state index in [-0.39, 0.29) is 72.3 Å². The molecule has 66 valence electrons. The molecule has 0 heterocycles. The summed E-state index contributed by atoms with van der Waals surface area (Å²) in [6.07, 6.45) is 3.31. The molecule has 0 amide bonds. The van der Waals surface area contributed by atoms with Gasteiger partial charge >= 0.3 is 59.1 Å². The molecule has 0 fully saturated rings. The fraction of sp³-hybridized carbons (Fsp3) is 1.00. The van der Waals surface area contributed by atoms with Gasteiger partial charge in [-0.25, -0.2) is 0 Å². The van der Waals surface area contributed by atoms with Gasteiger partial charge in [-0.2, -0.15) is 0 Å². The van der Waals surface area contributed by atoms with Crippen LogP contribution in [0, 0.1) is 0 Å². The molecule has 0 saturated carbocycles. The van der Waals surface area contributed by atoms with E-state index < -0.39 is 7.32 Å². The zero-order chi connectivity index (χ0) is 8.53. The van der Waals surface area contributed by atoms with Crippen molar-refractivity contribution in [3.05, 3.63) is 0 Å². The van der Waals surface area contributed by atoms with Crippen LogP contribution in [0.2, 0.25) is 0 Å². The first-order valence-corrected chi connectivity index (χ1v) is 3.81. The average molecular weight is 206 g/mol. The Morgan fingerprint density at radius 1 is 1.00 bits per heavy atom. The summed E-state index contributed by atoms with van der Waals surface area (Å²) in [5.74, 6) is 0. The molecule has 0 aliphatic heterocycles. The normalized spacial score (nSPS) is 8.54. The Labute approximate surface area is 124 Å². The third-order valence-corrected chi connectivity index (χ3v) is 1.31. The Kier molecular flexibility index (Phi) is 25.6. The van der Waals surface area contributed by atoms with E-state index in [0.717, 1.165) is 25.7 Å². The Bertz CT molecular complexity index is 87.0. The minimum atomic E-state index is -2.15. The molecule has 0 spiro atoms. The van der Waals surface area contributed by atoms with Gasteiger partial charge in [0.15, 0.2) is 0 Å². The van der Waals surface area contributed by atoms with Gasteiger partial charge in [-0.05, 0) is 12.8 Å². The first kappa shape index (κ1) is 20.3. The number of aliphatic hydroxyl groups is 1. The zero-order valence-corrected chi connectivity index (χ0v) is 12.5. The van der Waals surface area contributed by atoms with E-state index in [9.17, 15) is 10.0 Å². The van der Waals surface area contributed by atoms with Crippen molar-refractivity contribution in [2.24, 2.45) is 0 Å². The zero-order valence-electron chi connectivity index (χ0n) is 8.49. The molecular formula is C6H13BNa2O4. The number of rotatable bonds is 7. The average Bonchev–Trinajstić information content (AvgIpc) is 1.96. The van der Waals surface area contributed by atoms with E-state index in [1.165, 1.54) is 0 Å². The fourth-order valence-electron chi connectivity index (χ4n) is 0.747. The Balaban J connectivity index is -0.000000500.